The van der Waals surface area contributed by atoms with Crippen LogP contribution in [0.15, 0.2) is 53.3 Å². The Balaban J connectivity index is 2.28. The Labute approximate surface area is 138 Å². The van der Waals surface area contributed by atoms with Gasteiger partial charge in [-0.25, -0.2) is 4.57 Å². The molecule has 0 spiro atoms. The molecule has 0 atom stereocenters. The van der Waals surface area contributed by atoms with Gasteiger partial charge in [0.15, 0.2) is 4.77 Å². The van der Waals surface area contributed by atoms with Gasteiger partial charge in [-0.2, -0.15) is 0 Å². The fourth-order valence-corrected chi connectivity index (χ4v) is 2.92. The Hall–Kier alpha value is -1.80. The van der Waals surface area contributed by atoms with Crippen LogP contribution in [0.1, 0.15) is 10.4 Å². The van der Waals surface area contributed by atoms with Crippen LogP contribution in [0.2, 0.25) is 0 Å². The standard InChI is InChI=1S/C15H9IN2O2S/c16-10-5-3-4-9(8-10)13(19)18-14(20)11-6-1-2-7-12(11)17-15(18)21/h1-8H,(H,17,21). The van der Waals surface area contributed by atoms with Crippen LogP contribution in [0, 0.1) is 8.34 Å². The highest BCUT2D eigenvalue weighted by Gasteiger charge is 2.14. The fourth-order valence-electron chi connectivity index (χ4n) is 2.10. The first-order valence-electron chi connectivity index (χ1n) is 6.12. The molecule has 6 heteroatoms. The third kappa shape index (κ3) is 2.56. The third-order valence-electron chi connectivity index (χ3n) is 3.08. The molecule has 0 aliphatic rings. The minimum Gasteiger partial charge on any atom is -0.331 e. The second-order valence-corrected chi connectivity index (χ2v) is 6.06. The van der Waals surface area contributed by atoms with Crippen molar-refractivity contribution in [2.75, 3.05) is 0 Å². The highest BCUT2D eigenvalue weighted by molar-refractivity contribution is 14.1. The number of hydrogen-bond donors (Lipinski definition) is 1. The molecule has 1 heterocycles. The molecule has 1 aromatic heterocycles. The minimum atomic E-state index is -0.425. The van der Waals surface area contributed by atoms with Gasteiger partial charge in [0.2, 0.25) is 0 Å². The Kier molecular flexibility index (Phi) is 3.73. The molecule has 0 bridgehead atoms. The number of carbonyl (C=O) groups excluding carboxylic acids is 1. The predicted octanol–water partition coefficient (Wildman–Crippen LogP) is 3.35. The van der Waals surface area contributed by atoms with E-state index in [4.69, 9.17) is 12.2 Å². The SMILES string of the molecule is O=C(c1cccc(I)c1)n1c(=S)[nH]c2ccccc2c1=O. The molecule has 0 saturated heterocycles. The van der Waals surface area contributed by atoms with E-state index >= 15 is 0 Å². The first-order chi connectivity index (χ1) is 10.1. The predicted molar refractivity (Wildman–Crippen MR) is 92.3 cm³/mol. The van der Waals surface area contributed by atoms with Gasteiger partial charge in [-0.05, 0) is 65.1 Å². The third-order valence-corrected chi connectivity index (χ3v) is 4.04. The van der Waals surface area contributed by atoms with Crippen LogP contribution in [-0.2, 0) is 0 Å². The molecule has 21 heavy (non-hydrogen) atoms. The molecule has 2 aromatic carbocycles. The number of nitrogens with one attached hydrogen (secondary N) is 1. The van der Waals surface area contributed by atoms with E-state index in [0.29, 0.717) is 16.5 Å². The second-order valence-electron chi connectivity index (χ2n) is 4.43. The molecule has 0 amide bonds. The maximum atomic E-state index is 12.6. The van der Waals surface area contributed by atoms with E-state index in [9.17, 15) is 9.59 Å². The zero-order valence-corrected chi connectivity index (χ0v) is 13.6. The van der Waals surface area contributed by atoms with Crippen molar-refractivity contribution >= 4 is 51.6 Å². The first kappa shape index (κ1) is 14.2. The summed E-state index contributed by atoms with van der Waals surface area (Å²) in [5.74, 6) is -0.425. The summed E-state index contributed by atoms with van der Waals surface area (Å²) in [6.07, 6.45) is 0. The lowest BCUT2D eigenvalue weighted by Gasteiger charge is -2.07. The van der Waals surface area contributed by atoms with E-state index in [0.717, 1.165) is 8.14 Å². The Morgan fingerprint density at radius 1 is 1.14 bits per heavy atom. The quantitative estimate of drug-likeness (QED) is 0.497. The van der Waals surface area contributed by atoms with Gasteiger partial charge in [0.05, 0.1) is 10.9 Å². The van der Waals surface area contributed by atoms with E-state index in [1.54, 1.807) is 42.5 Å². The van der Waals surface area contributed by atoms with Crippen LogP contribution in [0.5, 0.6) is 0 Å². The van der Waals surface area contributed by atoms with Crippen LogP contribution in [0.4, 0.5) is 0 Å². The molecule has 0 aliphatic heterocycles. The second kappa shape index (κ2) is 5.53. The number of fused-ring (bicyclic) bond motifs is 1. The van der Waals surface area contributed by atoms with Crippen molar-refractivity contribution in [1.29, 1.82) is 0 Å². The number of aromatic amines is 1. The molecule has 4 nitrogen and oxygen atoms in total. The Morgan fingerprint density at radius 3 is 2.67 bits per heavy atom. The van der Waals surface area contributed by atoms with E-state index in [1.165, 1.54) is 0 Å². The molecular formula is C15H9IN2O2S. The van der Waals surface area contributed by atoms with Crippen molar-refractivity contribution in [3.05, 3.63) is 72.8 Å². The first-order valence-corrected chi connectivity index (χ1v) is 7.61. The van der Waals surface area contributed by atoms with Crippen molar-refractivity contribution in [3.63, 3.8) is 0 Å². The van der Waals surface area contributed by atoms with Crippen LogP contribution in [0.3, 0.4) is 0 Å². The molecular weight excluding hydrogens is 399 g/mol. The average Bonchev–Trinajstić information content (AvgIpc) is 2.47. The summed E-state index contributed by atoms with van der Waals surface area (Å²) in [5.41, 5.74) is 0.649. The topological polar surface area (TPSA) is 54.9 Å². The number of para-hydroxylation sites is 1. The average molecular weight is 408 g/mol. The van der Waals surface area contributed by atoms with E-state index < -0.39 is 11.5 Å². The molecule has 0 fully saturated rings. The lowest BCUT2D eigenvalue weighted by atomic mass is 10.2. The highest BCUT2D eigenvalue weighted by Crippen LogP contribution is 2.11. The normalized spacial score (nSPS) is 10.7. The van der Waals surface area contributed by atoms with Gasteiger partial charge >= 0.3 is 0 Å². The molecule has 0 aliphatic carbocycles. The number of aromatic nitrogens is 2. The summed E-state index contributed by atoms with van der Waals surface area (Å²) < 4.78 is 2.02. The number of hydrogen-bond acceptors (Lipinski definition) is 3. The smallest absolute Gasteiger partial charge is 0.269 e. The van der Waals surface area contributed by atoms with Crippen LogP contribution in [0.25, 0.3) is 10.9 Å². The lowest BCUT2D eigenvalue weighted by molar-refractivity contribution is 0.0953. The van der Waals surface area contributed by atoms with E-state index in [-0.39, 0.29) is 4.77 Å². The van der Waals surface area contributed by atoms with Gasteiger partial charge < -0.3 is 4.98 Å². The van der Waals surface area contributed by atoms with Crippen LogP contribution in [-0.4, -0.2) is 15.5 Å². The monoisotopic (exact) mass is 408 g/mol. The number of benzene rings is 2. The summed E-state index contributed by atoms with van der Waals surface area (Å²) in [6.45, 7) is 0. The Bertz CT molecular complexity index is 975. The maximum Gasteiger partial charge on any atom is 0.269 e. The summed E-state index contributed by atoms with van der Waals surface area (Å²) in [4.78, 5) is 28.0. The lowest BCUT2D eigenvalue weighted by Crippen LogP contribution is -2.29. The molecule has 0 unspecified atom stereocenters. The molecule has 1 N–H and O–H groups in total. The van der Waals surface area contributed by atoms with Crippen molar-refractivity contribution in [2.45, 2.75) is 0 Å². The van der Waals surface area contributed by atoms with Crippen molar-refractivity contribution in [2.24, 2.45) is 0 Å². The van der Waals surface area contributed by atoms with Crippen molar-refractivity contribution in [3.8, 4) is 0 Å². The summed E-state index contributed by atoms with van der Waals surface area (Å²) in [7, 11) is 0. The summed E-state index contributed by atoms with van der Waals surface area (Å²) in [6, 6.07) is 14.0. The summed E-state index contributed by atoms with van der Waals surface area (Å²) >= 11 is 7.28. The number of halogens is 1. The van der Waals surface area contributed by atoms with Crippen molar-refractivity contribution < 1.29 is 4.79 Å². The maximum absolute atomic E-state index is 12.6. The van der Waals surface area contributed by atoms with Crippen molar-refractivity contribution in [1.82, 2.24) is 9.55 Å². The van der Waals surface area contributed by atoms with Gasteiger partial charge in [-0.15, -0.1) is 0 Å². The highest BCUT2D eigenvalue weighted by atomic mass is 127. The minimum absolute atomic E-state index is 0.0996. The van der Waals surface area contributed by atoms with Gasteiger partial charge in [-0.3, -0.25) is 9.59 Å². The number of rotatable bonds is 1. The van der Waals surface area contributed by atoms with Gasteiger partial charge in [-0.1, -0.05) is 18.2 Å². The van der Waals surface area contributed by atoms with Gasteiger partial charge in [0.25, 0.3) is 11.5 Å². The van der Waals surface area contributed by atoms with E-state index in [1.807, 2.05) is 6.07 Å². The Morgan fingerprint density at radius 2 is 1.90 bits per heavy atom. The van der Waals surface area contributed by atoms with Crippen LogP contribution < -0.4 is 5.56 Å². The zero-order chi connectivity index (χ0) is 15.0. The van der Waals surface area contributed by atoms with Gasteiger partial charge in [0.1, 0.15) is 0 Å². The molecule has 3 aromatic rings. The largest absolute Gasteiger partial charge is 0.331 e. The number of carbonyl (C=O) groups is 1. The molecule has 0 saturated carbocycles. The zero-order valence-electron chi connectivity index (χ0n) is 10.7. The number of nitrogens with zero attached hydrogens (tertiary/aromatic N) is 1. The molecule has 104 valence electrons. The van der Waals surface area contributed by atoms with Crippen LogP contribution >= 0.6 is 34.8 Å². The summed E-state index contributed by atoms with van der Waals surface area (Å²) in [5, 5.41) is 0.435. The molecule has 3 rings (SSSR count). The van der Waals surface area contributed by atoms with Gasteiger partial charge in [0, 0.05) is 9.13 Å². The fraction of sp³-hybridized carbons (Fsp3) is 0. The van der Waals surface area contributed by atoms with E-state index in [2.05, 4.69) is 27.6 Å². The number of H-pyrrole nitrogens is 1. The molecule has 0 radical (unpaired) electrons.